The van der Waals surface area contributed by atoms with Gasteiger partial charge in [0, 0.05) is 18.3 Å². The molecule has 1 aromatic rings. The molecule has 4 atom stereocenters. The number of H-pyrrole nitrogens is 1. The third kappa shape index (κ3) is 8.75. The normalized spacial score (nSPS) is 15.1. The fourth-order valence-electron chi connectivity index (χ4n) is 2.87. The third-order valence-corrected chi connectivity index (χ3v) is 4.59. The smallest absolute Gasteiger partial charge is 0.326 e. The summed E-state index contributed by atoms with van der Waals surface area (Å²) < 4.78 is 0. The van der Waals surface area contributed by atoms with Gasteiger partial charge in [0.1, 0.15) is 18.1 Å². The van der Waals surface area contributed by atoms with Gasteiger partial charge in [0.25, 0.3) is 0 Å². The zero-order chi connectivity index (χ0) is 23.7. The number of carboxylic acids is 1. The van der Waals surface area contributed by atoms with E-state index in [2.05, 4.69) is 25.9 Å². The van der Waals surface area contributed by atoms with Crippen LogP contribution in [0.15, 0.2) is 12.5 Å². The van der Waals surface area contributed by atoms with Crippen molar-refractivity contribution < 1.29 is 24.3 Å². The molecule has 1 heterocycles. The van der Waals surface area contributed by atoms with Gasteiger partial charge in [-0.2, -0.15) is 0 Å². The van der Waals surface area contributed by atoms with Crippen LogP contribution in [0.3, 0.4) is 0 Å². The lowest BCUT2D eigenvalue weighted by molar-refractivity contribution is -0.142. The van der Waals surface area contributed by atoms with E-state index in [9.17, 15) is 24.3 Å². The standard InChI is InChI=1S/C20H34N6O5/c1-10(2)6-15(20(30)31)25-18(28)14(7-13-8-22-9-23-13)24-19(29)16(11(3)4)26-17(27)12(5)21/h8-12,14-16H,6-7,21H2,1-5H3,(H,22,23)(H,24,29)(H,25,28)(H,26,27)(H,30,31)/t12-,14-,15-,16-/m0/s1. The molecule has 0 bridgehead atoms. The highest BCUT2D eigenvalue weighted by molar-refractivity contribution is 5.94. The Bertz CT molecular complexity index is 747. The van der Waals surface area contributed by atoms with Gasteiger partial charge in [-0.05, 0) is 25.2 Å². The fourth-order valence-corrected chi connectivity index (χ4v) is 2.87. The van der Waals surface area contributed by atoms with E-state index in [0.717, 1.165) is 0 Å². The molecular weight excluding hydrogens is 404 g/mol. The van der Waals surface area contributed by atoms with Crippen molar-refractivity contribution in [1.82, 2.24) is 25.9 Å². The molecule has 0 aliphatic rings. The van der Waals surface area contributed by atoms with Gasteiger partial charge in [0.05, 0.1) is 12.4 Å². The predicted molar refractivity (Wildman–Crippen MR) is 114 cm³/mol. The van der Waals surface area contributed by atoms with E-state index in [4.69, 9.17) is 5.73 Å². The van der Waals surface area contributed by atoms with E-state index in [-0.39, 0.29) is 24.7 Å². The van der Waals surface area contributed by atoms with Crippen molar-refractivity contribution in [1.29, 1.82) is 0 Å². The van der Waals surface area contributed by atoms with Crippen molar-refractivity contribution in [2.24, 2.45) is 17.6 Å². The molecule has 1 aromatic heterocycles. The van der Waals surface area contributed by atoms with Crippen molar-refractivity contribution in [3.05, 3.63) is 18.2 Å². The first-order chi connectivity index (χ1) is 14.4. The van der Waals surface area contributed by atoms with Crippen molar-refractivity contribution in [3.8, 4) is 0 Å². The van der Waals surface area contributed by atoms with Crippen molar-refractivity contribution in [2.75, 3.05) is 0 Å². The highest BCUT2D eigenvalue weighted by Gasteiger charge is 2.31. The number of nitrogens with two attached hydrogens (primary N) is 1. The van der Waals surface area contributed by atoms with E-state index >= 15 is 0 Å². The van der Waals surface area contributed by atoms with Crippen LogP contribution in [0.4, 0.5) is 0 Å². The van der Waals surface area contributed by atoms with Crippen molar-refractivity contribution in [2.45, 2.75) is 71.6 Å². The Kier molecular flexibility index (Phi) is 10.1. The Morgan fingerprint density at radius 3 is 2.06 bits per heavy atom. The number of carboxylic acid groups (broad SMARTS) is 1. The van der Waals surface area contributed by atoms with Crippen LogP contribution in [0.25, 0.3) is 0 Å². The number of rotatable bonds is 12. The number of hydrogen-bond donors (Lipinski definition) is 6. The summed E-state index contributed by atoms with van der Waals surface area (Å²) in [7, 11) is 0. The lowest BCUT2D eigenvalue weighted by Crippen LogP contribution is -2.58. The van der Waals surface area contributed by atoms with Crippen LogP contribution in [0.2, 0.25) is 0 Å². The molecule has 31 heavy (non-hydrogen) atoms. The fraction of sp³-hybridized carbons (Fsp3) is 0.650. The van der Waals surface area contributed by atoms with Crippen molar-refractivity contribution >= 4 is 23.7 Å². The minimum absolute atomic E-state index is 0.0424. The summed E-state index contributed by atoms with van der Waals surface area (Å²) in [6, 6.07) is -3.88. The number of aromatic nitrogens is 2. The number of imidazole rings is 1. The second-order valence-corrected chi connectivity index (χ2v) is 8.39. The number of aliphatic carboxylic acids is 1. The van der Waals surface area contributed by atoms with Crippen LogP contribution >= 0.6 is 0 Å². The maximum atomic E-state index is 12.9. The SMILES string of the molecule is CC(C)C[C@H](NC(=O)[C@H](Cc1cnc[nH]1)NC(=O)[C@@H](NC(=O)[C@H](C)N)C(C)C)C(=O)O. The summed E-state index contributed by atoms with van der Waals surface area (Å²) >= 11 is 0. The molecule has 174 valence electrons. The number of carbonyl (C=O) groups excluding carboxylic acids is 3. The molecule has 0 radical (unpaired) electrons. The number of amides is 3. The summed E-state index contributed by atoms with van der Waals surface area (Å²) in [5, 5.41) is 17.1. The molecule has 0 aromatic carbocycles. The van der Waals surface area contributed by atoms with E-state index in [0.29, 0.717) is 5.69 Å². The topological polar surface area (TPSA) is 179 Å². The second kappa shape index (κ2) is 12.0. The molecule has 0 saturated carbocycles. The molecule has 0 fully saturated rings. The van der Waals surface area contributed by atoms with Crippen LogP contribution in [0.5, 0.6) is 0 Å². The van der Waals surface area contributed by atoms with Crippen molar-refractivity contribution in [3.63, 3.8) is 0 Å². The maximum absolute atomic E-state index is 12.9. The molecule has 1 rings (SSSR count). The van der Waals surface area contributed by atoms with Gasteiger partial charge < -0.3 is 31.8 Å². The molecule has 0 aliphatic carbocycles. The average Bonchev–Trinajstić information content (AvgIpc) is 3.16. The number of nitrogens with one attached hydrogen (secondary N) is 4. The van der Waals surface area contributed by atoms with Gasteiger partial charge in [0.15, 0.2) is 0 Å². The maximum Gasteiger partial charge on any atom is 0.326 e. The Hall–Kier alpha value is -2.95. The lowest BCUT2D eigenvalue weighted by atomic mass is 10.0. The number of carbonyl (C=O) groups is 4. The average molecular weight is 439 g/mol. The number of aromatic amines is 1. The molecular formula is C20H34N6O5. The second-order valence-electron chi connectivity index (χ2n) is 8.39. The number of nitrogens with zero attached hydrogens (tertiary/aromatic N) is 1. The van der Waals surface area contributed by atoms with E-state index in [1.807, 2.05) is 13.8 Å². The summed E-state index contributed by atoms with van der Waals surface area (Å²) in [5.41, 5.74) is 6.15. The van der Waals surface area contributed by atoms with Crippen LogP contribution in [0, 0.1) is 11.8 Å². The van der Waals surface area contributed by atoms with Gasteiger partial charge in [0.2, 0.25) is 17.7 Å². The van der Waals surface area contributed by atoms with Gasteiger partial charge in [-0.3, -0.25) is 14.4 Å². The Labute approximate surface area is 181 Å². The van der Waals surface area contributed by atoms with E-state index < -0.39 is 47.9 Å². The lowest BCUT2D eigenvalue weighted by Gasteiger charge is -2.26. The van der Waals surface area contributed by atoms with Gasteiger partial charge >= 0.3 is 5.97 Å². The molecule has 0 saturated heterocycles. The monoisotopic (exact) mass is 438 g/mol. The Morgan fingerprint density at radius 1 is 1.00 bits per heavy atom. The minimum atomic E-state index is -1.15. The minimum Gasteiger partial charge on any atom is -0.480 e. The molecule has 0 spiro atoms. The summed E-state index contributed by atoms with van der Waals surface area (Å²) in [6.07, 6.45) is 3.25. The molecule has 7 N–H and O–H groups in total. The van der Waals surface area contributed by atoms with Crippen LogP contribution in [0.1, 0.15) is 46.7 Å². The summed E-state index contributed by atoms with van der Waals surface area (Å²) in [6.45, 7) is 8.69. The van der Waals surface area contributed by atoms with E-state index in [1.54, 1.807) is 13.8 Å². The molecule has 0 aliphatic heterocycles. The Balaban J connectivity index is 3.03. The zero-order valence-electron chi connectivity index (χ0n) is 18.6. The highest BCUT2D eigenvalue weighted by Crippen LogP contribution is 2.08. The largest absolute Gasteiger partial charge is 0.480 e. The van der Waals surface area contributed by atoms with Crippen LogP contribution in [-0.2, 0) is 25.6 Å². The number of hydrogen-bond acceptors (Lipinski definition) is 6. The molecule has 0 unspecified atom stereocenters. The quantitative estimate of drug-likeness (QED) is 0.255. The van der Waals surface area contributed by atoms with Gasteiger partial charge in [-0.1, -0.05) is 27.7 Å². The highest BCUT2D eigenvalue weighted by atomic mass is 16.4. The first-order valence-corrected chi connectivity index (χ1v) is 10.3. The molecule has 11 nitrogen and oxygen atoms in total. The van der Waals surface area contributed by atoms with Gasteiger partial charge in [-0.25, -0.2) is 9.78 Å². The first kappa shape index (κ1) is 26.1. The van der Waals surface area contributed by atoms with E-state index in [1.165, 1.54) is 19.4 Å². The predicted octanol–water partition coefficient (Wildman–Crippen LogP) is -0.459. The zero-order valence-corrected chi connectivity index (χ0v) is 18.6. The summed E-state index contributed by atoms with van der Waals surface area (Å²) in [4.78, 5) is 56.1. The third-order valence-electron chi connectivity index (χ3n) is 4.59. The molecule has 11 heteroatoms. The van der Waals surface area contributed by atoms with Gasteiger partial charge in [-0.15, -0.1) is 0 Å². The van der Waals surface area contributed by atoms with Crippen LogP contribution < -0.4 is 21.7 Å². The first-order valence-electron chi connectivity index (χ1n) is 10.3. The Morgan fingerprint density at radius 2 is 1.61 bits per heavy atom. The molecule has 3 amide bonds. The summed E-state index contributed by atoms with van der Waals surface area (Å²) in [5.74, 6) is -3.09. The van der Waals surface area contributed by atoms with Crippen LogP contribution in [-0.4, -0.2) is 62.9 Å².